The van der Waals surface area contributed by atoms with Crippen molar-refractivity contribution in [2.75, 3.05) is 12.8 Å². The molecule has 2 aromatic rings. The summed E-state index contributed by atoms with van der Waals surface area (Å²) in [5.74, 6) is 2.39. The van der Waals surface area contributed by atoms with Crippen molar-refractivity contribution in [2.45, 2.75) is 0 Å². The first-order valence-corrected chi connectivity index (χ1v) is 4.82. The van der Waals surface area contributed by atoms with Gasteiger partial charge < -0.3 is 15.2 Å². The standard InChI is InChI=1S/C12H12N2O2/c1-15-10-4-2-3-5-11(10)16-9-6-7-14-12(13)8-9/h2-8H,1H3,(H2,13,14). The highest BCUT2D eigenvalue weighted by atomic mass is 16.5. The number of rotatable bonds is 3. The van der Waals surface area contributed by atoms with Gasteiger partial charge >= 0.3 is 0 Å². The Morgan fingerprint density at radius 2 is 1.88 bits per heavy atom. The second kappa shape index (κ2) is 4.53. The van der Waals surface area contributed by atoms with Gasteiger partial charge in [-0.05, 0) is 18.2 Å². The third-order valence-corrected chi connectivity index (χ3v) is 2.05. The van der Waals surface area contributed by atoms with Crippen LogP contribution in [-0.2, 0) is 0 Å². The molecule has 0 amide bonds. The van der Waals surface area contributed by atoms with Gasteiger partial charge in [0.1, 0.15) is 11.6 Å². The van der Waals surface area contributed by atoms with Gasteiger partial charge in [-0.3, -0.25) is 0 Å². The molecule has 1 heterocycles. The average Bonchev–Trinajstić information content (AvgIpc) is 2.30. The molecule has 0 aliphatic carbocycles. The van der Waals surface area contributed by atoms with Crippen LogP contribution < -0.4 is 15.2 Å². The number of nitrogens with zero attached hydrogens (tertiary/aromatic N) is 1. The van der Waals surface area contributed by atoms with Crippen molar-refractivity contribution in [1.82, 2.24) is 4.98 Å². The highest BCUT2D eigenvalue weighted by molar-refractivity contribution is 5.44. The summed E-state index contributed by atoms with van der Waals surface area (Å²) in [6.45, 7) is 0. The number of pyridine rings is 1. The van der Waals surface area contributed by atoms with E-state index in [1.807, 2.05) is 24.3 Å². The second-order valence-corrected chi connectivity index (χ2v) is 3.17. The highest BCUT2D eigenvalue weighted by Crippen LogP contribution is 2.30. The minimum atomic E-state index is 0.424. The van der Waals surface area contributed by atoms with Crippen molar-refractivity contribution in [3.8, 4) is 17.2 Å². The summed E-state index contributed by atoms with van der Waals surface area (Å²) in [5.41, 5.74) is 5.56. The Morgan fingerprint density at radius 3 is 2.56 bits per heavy atom. The van der Waals surface area contributed by atoms with Gasteiger partial charge in [-0.2, -0.15) is 0 Å². The molecule has 0 unspecified atom stereocenters. The fraction of sp³-hybridized carbons (Fsp3) is 0.0833. The molecule has 0 atom stereocenters. The SMILES string of the molecule is COc1ccccc1Oc1ccnc(N)c1. The Balaban J connectivity index is 2.26. The number of nitrogen functional groups attached to an aromatic ring is 1. The van der Waals surface area contributed by atoms with Gasteiger partial charge in [-0.1, -0.05) is 12.1 Å². The summed E-state index contributed by atoms with van der Waals surface area (Å²) in [7, 11) is 1.60. The molecule has 0 spiro atoms. The first-order chi connectivity index (χ1) is 7.79. The van der Waals surface area contributed by atoms with Gasteiger partial charge in [0.2, 0.25) is 0 Å². The van der Waals surface area contributed by atoms with E-state index in [0.29, 0.717) is 23.1 Å². The summed E-state index contributed by atoms with van der Waals surface area (Å²) in [5, 5.41) is 0. The molecule has 0 aliphatic heterocycles. The molecular formula is C12H12N2O2. The van der Waals surface area contributed by atoms with E-state index in [9.17, 15) is 0 Å². The maximum absolute atomic E-state index is 5.64. The van der Waals surface area contributed by atoms with E-state index >= 15 is 0 Å². The lowest BCUT2D eigenvalue weighted by Crippen LogP contribution is -1.92. The molecule has 16 heavy (non-hydrogen) atoms. The summed E-state index contributed by atoms with van der Waals surface area (Å²) < 4.78 is 10.8. The summed E-state index contributed by atoms with van der Waals surface area (Å²) in [6.07, 6.45) is 1.60. The number of para-hydroxylation sites is 2. The van der Waals surface area contributed by atoms with E-state index in [4.69, 9.17) is 15.2 Å². The van der Waals surface area contributed by atoms with Gasteiger partial charge in [0, 0.05) is 12.3 Å². The molecule has 0 fully saturated rings. The van der Waals surface area contributed by atoms with Crippen LogP contribution in [0.2, 0.25) is 0 Å². The Labute approximate surface area is 93.6 Å². The fourth-order valence-electron chi connectivity index (χ4n) is 1.32. The highest BCUT2D eigenvalue weighted by Gasteiger charge is 2.04. The molecule has 4 heteroatoms. The van der Waals surface area contributed by atoms with Crippen molar-refractivity contribution >= 4 is 5.82 Å². The molecule has 2 N–H and O–H groups in total. The predicted molar refractivity (Wildman–Crippen MR) is 61.7 cm³/mol. The molecule has 4 nitrogen and oxygen atoms in total. The van der Waals surface area contributed by atoms with Crippen molar-refractivity contribution in [3.05, 3.63) is 42.6 Å². The third-order valence-electron chi connectivity index (χ3n) is 2.05. The van der Waals surface area contributed by atoms with Crippen LogP contribution in [0, 0.1) is 0 Å². The van der Waals surface area contributed by atoms with Crippen LogP contribution in [0.1, 0.15) is 0 Å². The van der Waals surface area contributed by atoms with Crippen molar-refractivity contribution < 1.29 is 9.47 Å². The molecule has 0 radical (unpaired) electrons. The topological polar surface area (TPSA) is 57.4 Å². The Hall–Kier alpha value is -2.23. The number of aromatic nitrogens is 1. The van der Waals surface area contributed by atoms with Crippen LogP contribution in [0.4, 0.5) is 5.82 Å². The maximum atomic E-state index is 5.64. The quantitative estimate of drug-likeness (QED) is 0.856. The molecule has 0 saturated carbocycles. The summed E-state index contributed by atoms with van der Waals surface area (Å²) in [4.78, 5) is 3.89. The van der Waals surface area contributed by atoms with Crippen LogP contribution in [0.5, 0.6) is 17.2 Å². The Morgan fingerprint density at radius 1 is 1.12 bits per heavy atom. The number of ether oxygens (including phenoxy) is 2. The molecule has 82 valence electrons. The normalized spacial score (nSPS) is 9.81. The van der Waals surface area contributed by atoms with E-state index in [2.05, 4.69) is 4.98 Å². The molecule has 0 bridgehead atoms. The first kappa shape index (κ1) is 10.3. The van der Waals surface area contributed by atoms with Gasteiger partial charge in [0.05, 0.1) is 7.11 Å². The number of anilines is 1. The number of nitrogens with two attached hydrogens (primary N) is 1. The fourth-order valence-corrected chi connectivity index (χ4v) is 1.32. The zero-order valence-electron chi connectivity index (χ0n) is 8.88. The molecule has 0 aliphatic rings. The van der Waals surface area contributed by atoms with Gasteiger partial charge in [0.25, 0.3) is 0 Å². The van der Waals surface area contributed by atoms with E-state index < -0.39 is 0 Å². The Kier molecular flexibility index (Phi) is 2.91. The lowest BCUT2D eigenvalue weighted by atomic mass is 10.3. The van der Waals surface area contributed by atoms with E-state index in [0.717, 1.165) is 0 Å². The molecular weight excluding hydrogens is 204 g/mol. The number of hydrogen-bond acceptors (Lipinski definition) is 4. The van der Waals surface area contributed by atoms with E-state index in [1.165, 1.54) is 0 Å². The molecule has 1 aromatic carbocycles. The van der Waals surface area contributed by atoms with Crippen molar-refractivity contribution in [1.29, 1.82) is 0 Å². The average molecular weight is 216 g/mol. The van der Waals surface area contributed by atoms with Crippen molar-refractivity contribution in [2.24, 2.45) is 0 Å². The van der Waals surface area contributed by atoms with Crippen LogP contribution in [0.25, 0.3) is 0 Å². The van der Waals surface area contributed by atoms with Gasteiger partial charge in [0.15, 0.2) is 11.5 Å². The monoisotopic (exact) mass is 216 g/mol. The van der Waals surface area contributed by atoms with Gasteiger partial charge in [-0.25, -0.2) is 4.98 Å². The van der Waals surface area contributed by atoms with Gasteiger partial charge in [-0.15, -0.1) is 0 Å². The zero-order chi connectivity index (χ0) is 11.4. The lowest BCUT2D eigenvalue weighted by Gasteiger charge is -2.09. The molecule has 1 aromatic heterocycles. The Bertz CT molecular complexity index is 486. The number of hydrogen-bond donors (Lipinski definition) is 1. The minimum Gasteiger partial charge on any atom is -0.493 e. The summed E-state index contributed by atoms with van der Waals surface area (Å²) >= 11 is 0. The van der Waals surface area contributed by atoms with Crippen LogP contribution in [0.15, 0.2) is 42.6 Å². The van der Waals surface area contributed by atoms with E-state index in [-0.39, 0.29) is 0 Å². The smallest absolute Gasteiger partial charge is 0.169 e. The maximum Gasteiger partial charge on any atom is 0.169 e. The minimum absolute atomic E-state index is 0.424. The van der Waals surface area contributed by atoms with Crippen LogP contribution in [0.3, 0.4) is 0 Å². The molecule has 0 saturated heterocycles. The van der Waals surface area contributed by atoms with Crippen molar-refractivity contribution in [3.63, 3.8) is 0 Å². The largest absolute Gasteiger partial charge is 0.493 e. The lowest BCUT2D eigenvalue weighted by molar-refractivity contribution is 0.379. The molecule has 2 rings (SSSR count). The van der Waals surface area contributed by atoms with E-state index in [1.54, 1.807) is 25.4 Å². The van der Waals surface area contributed by atoms with Crippen LogP contribution >= 0.6 is 0 Å². The zero-order valence-corrected chi connectivity index (χ0v) is 8.88. The van der Waals surface area contributed by atoms with Crippen LogP contribution in [-0.4, -0.2) is 12.1 Å². The predicted octanol–water partition coefficient (Wildman–Crippen LogP) is 2.46. The summed E-state index contributed by atoms with van der Waals surface area (Å²) in [6, 6.07) is 10.8. The number of benzene rings is 1. The number of methoxy groups -OCH3 is 1. The third kappa shape index (κ3) is 2.23. The first-order valence-electron chi connectivity index (χ1n) is 4.82. The second-order valence-electron chi connectivity index (χ2n) is 3.17.